The van der Waals surface area contributed by atoms with E-state index in [1.54, 1.807) is 7.05 Å². The molecule has 0 radical (unpaired) electrons. The average Bonchev–Trinajstić information content (AvgIpc) is 2.77. The summed E-state index contributed by atoms with van der Waals surface area (Å²) in [5, 5.41) is 6.52. The minimum Gasteiger partial charge on any atom is -0.379 e. The molecule has 2 N–H and O–H groups in total. The molecule has 5 nitrogen and oxygen atoms in total. The minimum atomic E-state index is -4.32. The van der Waals surface area contributed by atoms with Crippen LogP contribution in [-0.2, 0) is 17.5 Å². The molecule has 170 valence electrons. The SMILES string of the molecule is CN=C(NCc1ccc(C(F)(F)F)cc1)NCC(c1ccccc1)N1CCOCC1.I. The van der Waals surface area contributed by atoms with Gasteiger partial charge < -0.3 is 15.4 Å². The van der Waals surface area contributed by atoms with E-state index < -0.39 is 11.7 Å². The molecule has 2 aromatic carbocycles. The Balaban J connectivity index is 0.00000341. The Hall–Kier alpha value is -1.85. The largest absolute Gasteiger partial charge is 0.416 e. The van der Waals surface area contributed by atoms with Gasteiger partial charge >= 0.3 is 6.18 Å². The third-order valence-electron chi connectivity index (χ3n) is 5.10. The summed E-state index contributed by atoms with van der Waals surface area (Å²) in [6.45, 7) is 4.17. The number of benzene rings is 2. The monoisotopic (exact) mass is 548 g/mol. The van der Waals surface area contributed by atoms with Crippen molar-refractivity contribution in [1.29, 1.82) is 0 Å². The van der Waals surface area contributed by atoms with Crippen LogP contribution in [0.2, 0.25) is 0 Å². The quantitative estimate of drug-likeness (QED) is 0.325. The number of nitrogens with zero attached hydrogens (tertiary/aromatic N) is 2. The number of hydrogen-bond donors (Lipinski definition) is 2. The zero-order valence-corrected chi connectivity index (χ0v) is 19.7. The molecule has 1 saturated heterocycles. The summed E-state index contributed by atoms with van der Waals surface area (Å²) in [5.41, 5.74) is 1.31. The van der Waals surface area contributed by atoms with Crippen molar-refractivity contribution in [2.45, 2.75) is 18.8 Å². The lowest BCUT2D eigenvalue weighted by molar-refractivity contribution is -0.137. The van der Waals surface area contributed by atoms with Crippen molar-refractivity contribution in [3.8, 4) is 0 Å². The van der Waals surface area contributed by atoms with Crippen molar-refractivity contribution in [2.24, 2.45) is 4.99 Å². The first kappa shape index (κ1) is 25.4. The van der Waals surface area contributed by atoms with E-state index in [0.717, 1.165) is 30.8 Å². The van der Waals surface area contributed by atoms with Gasteiger partial charge in [-0.3, -0.25) is 9.89 Å². The number of alkyl halides is 3. The molecule has 0 bridgehead atoms. The Bertz CT molecular complexity index is 810. The van der Waals surface area contributed by atoms with Crippen LogP contribution in [0.5, 0.6) is 0 Å². The Labute approximate surface area is 198 Å². The van der Waals surface area contributed by atoms with E-state index >= 15 is 0 Å². The van der Waals surface area contributed by atoms with Crippen LogP contribution in [0.25, 0.3) is 0 Å². The fourth-order valence-corrected chi connectivity index (χ4v) is 3.43. The van der Waals surface area contributed by atoms with Crippen LogP contribution >= 0.6 is 24.0 Å². The van der Waals surface area contributed by atoms with Gasteiger partial charge in [-0.25, -0.2) is 0 Å². The van der Waals surface area contributed by atoms with E-state index in [1.807, 2.05) is 18.2 Å². The molecule has 0 aromatic heterocycles. The van der Waals surface area contributed by atoms with Gasteiger partial charge in [0, 0.05) is 33.2 Å². The molecule has 31 heavy (non-hydrogen) atoms. The lowest BCUT2D eigenvalue weighted by atomic mass is 10.0. The summed E-state index contributed by atoms with van der Waals surface area (Å²) >= 11 is 0. The van der Waals surface area contributed by atoms with Crippen LogP contribution in [0.15, 0.2) is 59.6 Å². The second-order valence-electron chi connectivity index (χ2n) is 7.08. The molecule has 1 unspecified atom stereocenters. The van der Waals surface area contributed by atoms with Crippen LogP contribution in [0.4, 0.5) is 13.2 Å². The Morgan fingerprint density at radius 3 is 2.26 bits per heavy atom. The first-order chi connectivity index (χ1) is 14.5. The van der Waals surface area contributed by atoms with E-state index in [4.69, 9.17) is 4.74 Å². The number of ether oxygens (including phenoxy) is 1. The smallest absolute Gasteiger partial charge is 0.379 e. The molecule has 1 fully saturated rings. The number of halogens is 4. The normalized spacial score (nSPS) is 16.3. The molecule has 9 heteroatoms. The van der Waals surface area contributed by atoms with Gasteiger partial charge in [0.15, 0.2) is 5.96 Å². The highest BCUT2D eigenvalue weighted by atomic mass is 127. The van der Waals surface area contributed by atoms with E-state index in [0.29, 0.717) is 32.3 Å². The molecule has 2 aromatic rings. The maximum absolute atomic E-state index is 12.7. The second-order valence-corrected chi connectivity index (χ2v) is 7.08. The Kier molecular flexibility index (Phi) is 10.0. The third kappa shape index (κ3) is 7.65. The van der Waals surface area contributed by atoms with E-state index in [-0.39, 0.29) is 30.0 Å². The minimum absolute atomic E-state index is 0. The van der Waals surface area contributed by atoms with Gasteiger partial charge in [-0.2, -0.15) is 13.2 Å². The summed E-state index contributed by atoms with van der Waals surface area (Å²) in [7, 11) is 1.67. The summed E-state index contributed by atoms with van der Waals surface area (Å²) in [6.07, 6.45) is -4.32. The summed E-state index contributed by atoms with van der Waals surface area (Å²) in [4.78, 5) is 6.63. The maximum atomic E-state index is 12.7. The molecule has 0 spiro atoms. The molecule has 1 atom stereocenters. The lowest BCUT2D eigenvalue weighted by Crippen LogP contribution is -2.46. The Morgan fingerprint density at radius 2 is 1.68 bits per heavy atom. The number of morpholine rings is 1. The van der Waals surface area contributed by atoms with Crippen molar-refractivity contribution in [1.82, 2.24) is 15.5 Å². The molecule has 1 heterocycles. The molecule has 0 saturated carbocycles. The number of rotatable bonds is 6. The van der Waals surface area contributed by atoms with E-state index in [2.05, 4.69) is 32.7 Å². The van der Waals surface area contributed by atoms with E-state index in [9.17, 15) is 13.2 Å². The van der Waals surface area contributed by atoms with Gasteiger partial charge in [-0.1, -0.05) is 42.5 Å². The maximum Gasteiger partial charge on any atom is 0.416 e. The lowest BCUT2D eigenvalue weighted by Gasteiger charge is -2.35. The number of guanidine groups is 1. The fourth-order valence-electron chi connectivity index (χ4n) is 3.43. The summed E-state index contributed by atoms with van der Waals surface area (Å²) in [6, 6.07) is 15.6. The second kappa shape index (κ2) is 12.3. The van der Waals surface area contributed by atoms with Crippen LogP contribution in [0, 0.1) is 0 Å². The van der Waals surface area contributed by atoms with Crippen LogP contribution < -0.4 is 10.6 Å². The molecule has 1 aliphatic heterocycles. The molecule has 3 rings (SSSR count). The van der Waals surface area contributed by atoms with Crippen LogP contribution in [0.1, 0.15) is 22.7 Å². The van der Waals surface area contributed by atoms with Crippen molar-refractivity contribution in [2.75, 3.05) is 39.9 Å². The van der Waals surface area contributed by atoms with E-state index in [1.165, 1.54) is 17.7 Å². The van der Waals surface area contributed by atoms with Crippen molar-refractivity contribution in [3.63, 3.8) is 0 Å². The highest BCUT2D eigenvalue weighted by Gasteiger charge is 2.30. The predicted molar refractivity (Wildman–Crippen MR) is 127 cm³/mol. The number of hydrogen-bond acceptors (Lipinski definition) is 3. The topological polar surface area (TPSA) is 48.9 Å². The van der Waals surface area contributed by atoms with Crippen molar-refractivity contribution in [3.05, 3.63) is 71.3 Å². The Morgan fingerprint density at radius 1 is 1.03 bits per heavy atom. The highest BCUT2D eigenvalue weighted by molar-refractivity contribution is 14.0. The first-order valence-electron chi connectivity index (χ1n) is 9.95. The average molecular weight is 548 g/mol. The number of nitrogens with one attached hydrogen (secondary N) is 2. The molecule has 0 amide bonds. The van der Waals surface area contributed by atoms with Crippen molar-refractivity contribution < 1.29 is 17.9 Å². The highest BCUT2D eigenvalue weighted by Crippen LogP contribution is 2.29. The number of aliphatic imine (C=N–C) groups is 1. The summed E-state index contributed by atoms with van der Waals surface area (Å²) < 4.78 is 43.6. The first-order valence-corrected chi connectivity index (χ1v) is 9.95. The summed E-state index contributed by atoms with van der Waals surface area (Å²) in [5.74, 6) is 0.601. The van der Waals surface area contributed by atoms with Gasteiger partial charge in [-0.05, 0) is 23.3 Å². The van der Waals surface area contributed by atoms with Crippen molar-refractivity contribution >= 4 is 29.9 Å². The predicted octanol–water partition coefficient (Wildman–Crippen LogP) is 4.06. The zero-order chi connectivity index (χ0) is 21.4. The molecular formula is C22H28F3IN4O. The van der Waals surface area contributed by atoms with Gasteiger partial charge in [0.2, 0.25) is 0 Å². The molecule has 0 aliphatic carbocycles. The van der Waals surface area contributed by atoms with Gasteiger partial charge in [0.25, 0.3) is 0 Å². The molecule has 1 aliphatic rings. The van der Waals surface area contributed by atoms with Crippen LogP contribution in [-0.4, -0.2) is 50.8 Å². The van der Waals surface area contributed by atoms with Gasteiger partial charge in [0.05, 0.1) is 24.8 Å². The van der Waals surface area contributed by atoms with Gasteiger partial charge in [0.1, 0.15) is 0 Å². The molecular weight excluding hydrogens is 520 g/mol. The van der Waals surface area contributed by atoms with Gasteiger partial charge in [-0.15, -0.1) is 24.0 Å². The zero-order valence-electron chi connectivity index (χ0n) is 17.4. The van der Waals surface area contributed by atoms with Crippen LogP contribution in [0.3, 0.4) is 0 Å². The fraction of sp³-hybridized carbons (Fsp3) is 0.409. The standard InChI is InChI=1S/C22H27F3N4O.HI/c1-26-21(27-15-17-7-9-19(10-8-17)22(23,24)25)28-16-20(18-5-3-2-4-6-18)29-11-13-30-14-12-29;/h2-10,20H,11-16H2,1H3,(H2,26,27,28);1H. The third-order valence-corrected chi connectivity index (χ3v) is 5.10.